The van der Waals surface area contributed by atoms with Gasteiger partial charge in [-0.3, -0.25) is 4.79 Å². The molecule has 2 aliphatic heterocycles. The van der Waals surface area contributed by atoms with Gasteiger partial charge in [-0.05, 0) is 36.4 Å². The van der Waals surface area contributed by atoms with Crippen LogP contribution in [0.1, 0.15) is 24.4 Å². The number of piperazine rings is 1. The third-order valence-electron chi connectivity index (χ3n) is 5.56. The first-order chi connectivity index (χ1) is 10.7. The van der Waals surface area contributed by atoms with E-state index in [1.807, 2.05) is 24.3 Å². The lowest BCUT2D eigenvalue weighted by atomic mass is 9.99. The van der Waals surface area contributed by atoms with Crippen molar-refractivity contribution in [3.63, 3.8) is 0 Å². The minimum atomic E-state index is 0.0574. The van der Waals surface area contributed by atoms with Crippen LogP contribution >= 0.6 is 11.6 Å². The molecule has 22 heavy (non-hydrogen) atoms. The summed E-state index contributed by atoms with van der Waals surface area (Å²) >= 11 is 6.37. The molecular formula is C17H22ClN3O. The predicted molar refractivity (Wildman–Crippen MR) is 86.8 cm³/mol. The van der Waals surface area contributed by atoms with Crippen LogP contribution in [0, 0.1) is 11.3 Å². The van der Waals surface area contributed by atoms with Gasteiger partial charge in [-0.25, -0.2) is 0 Å². The minimum Gasteiger partial charge on any atom is -0.333 e. The normalized spacial score (nSPS) is 34.1. The number of hydrogen-bond acceptors (Lipinski definition) is 3. The van der Waals surface area contributed by atoms with Crippen molar-refractivity contribution in [3.05, 3.63) is 34.9 Å². The maximum atomic E-state index is 13.0. The summed E-state index contributed by atoms with van der Waals surface area (Å²) in [5.74, 6) is 0.542. The quantitative estimate of drug-likeness (QED) is 0.874. The van der Waals surface area contributed by atoms with Crippen LogP contribution in [0.4, 0.5) is 0 Å². The molecule has 3 fully saturated rings. The maximum Gasteiger partial charge on any atom is 0.226 e. The van der Waals surface area contributed by atoms with E-state index in [-0.39, 0.29) is 17.4 Å². The summed E-state index contributed by atoms with van der Waals surface area (Å²) in [6, 6.07) is 7.95. The van der Waals surface area contributed by atoms with Gasteiger partial charge in [0.2, 0.25) is 5.91 Å². The van der Waals surface area contributed by atoms with E-state index in [2.05, 4.69) is 15.5 Å². The standard InChI is InChI=1S/C17H22ClN3O/c18-14-4-2-1-3-12(14)15-10-19-7-8-21(15)16(22)13-9-17(13)5-6-20-11-17/h1-4,13,15,19-20H,5-11H2. The maximum absolute atomic E-state index is 13.0. The topological polar surface area (TPSA) is 44.4 Å². The van der Waals surface area contributed by atoms with Crippen LogP contribution in [0.5, 0.6) is 0 Å². The third kappa shape index (κ3) is 2.34. The van der Waals surface area contributed by atoms with E-state index in [1.165, 1.54) is 0 Å². The highest BCUT2D eigenvalue weighted by atomic mass is 35.5. The zero-order chi connectivity index (χ0) is 15.2. The van der Waals surface area contributed by atoms with Gasteiger partial charge in [0.1, 0.15) is 0 Å². The molecule has 2 heterocycles. The molecule has 2 saturated heterocycles. The molecule has 1 aromatic rings. The third-order valence-corrected chi connectivity index (χ3v) is 5.90. The van der Waals surface area contributed by atoms with Gasteiger partial charge in [0.05, 0.1) is 6.04 Å². The SMILES string of the molecule is O=C(C1CC12CCNC2)N1CCNCC1c1ccccc1Cl. The molecule has 1 aliphatic carbocycles. The first-order valence-corrected chi connectivity index (χ1v) is 8.55. The minimum absolute atomic E-state index is 0.0574. The number of carbonyl (C=O) groups is 1. The molecule has 1 spiro atoms. The first kappa shape index (κ1) is 14.5. The number of hydrogen-bond donors (Lipinski definition) is 2. The van der Waals surface area contributed by atoms with E-state index in [0.717, 1.165) is 56.2 Å². The molecule has 0 radical (unpaired) electrons. The molecule has 0 bridgehead atoms. The summed E-state index contributed by atoms with van der Waals surface area (Å²) in [5, 5.41) is 7.56. The summed E-state index contributed by atoms with van der Waals surface area (Å²) in [6.07, 6.45) is 2.20. The van der Waals surface area contributed by atoms with Crippen molar-refractivity contribution in [3.8, 4) is 0 Å². The highest BCUT2D eigenvalue weighted by Gasteiger charge is 2.60. The average molecular weight is 320 g/mol. The Morgan fingerprint density at radius 2 is 2.14 bits per heavy atom. The van der Waals surface area contributed by atoms with Gasteiger partial charge in [0, 0.05) is 37.1 Å². The fourth-order valence-electron chi connectivity index (χ4n) is 4.12. The number of carbonyl (C=O) groups excluding carboxylic acids is 1. The second-order valence-corrected chi connectivity index (χ2v) is 7.23. The Bertz CT molecular complexity index is 585. The molecule has 1 saturated carbocycles. The Hall–Kier alpha value is -1.10. The number of rotatable bonds is 2. The summed E-state index contributed by atoms with van der Waals surface area (Å²) in [7, 11) is 0. The van der Waals surface area contributed by atoms with Crippen molar-refractivity contribution in [1.82, 2.24) is 15.5 Å². The highest BCUT2D eigenvalue weighted by Crippen LogP contribution is 2.57. The van der Waals surface area contributed by atoms with Crippen molar-refractivity contribution in [1.29, 1.82) is 0 Å². The number of nitrogens with zero attached hydrogens (tertiary/aromatic N) is 1. The molecule has 3 atom stereocenters. The van der Waals surface area contributed by atoms with Gasteiger partial charge in [0.25, 0.3) is 0 Å². The zero-order valence-electron chi connectivity index (χ0n) is 12.6. The van der Waals surface area contributed by atoms with Gasteiger partial charge >= 0.3 is 0 Å². The Balaban J connectivity index is 1.56. The van der Waals surface area contributed by atoms with Crippen LogP contribution < -0.4 is 10.6 Å². The van der Waals surface area contributed by atoms with E-state index in [4.69, 9.17) is 11.6 Å². The van der Waals surface area contributed by atoms with Gasteiger partial charge in [-0.1, -0.05) is 29.8 Å². The van der Waals surface area contributed by atoms with E-state index in [1.54, 1.807) is 0 Å². The lowest BCUT2D eigenvalue weighted by molar-refractivity contribution is -0.136. The van der Waals surface area contributed by atoms with E-state index in [9.17, 15) is 4.79 Å². The average Bonchev–Trinajstić information content (AvgIpc) is 3.04. The molecular weight excluding hydrogens is 298 g/mol. The molecule has 5 heteroatoms. The molecule has 1 amide bonds. The van der Waals surface area contributed by atoms with Crippen LogP contribution in [0.25, 0.3) is 0 Å². The molecule has 4 nitrogen and oxygen atoms in total. The fraction of sp³-hybridized carbons (Fsp3) is 0.588. The lowest BCUT2D eigenvalue weighted by Crippen LogP contribution is -2.49. The summed E-state index contributed by atoms with van der Waals surface area (Å²) in [5.41, 5.74) is 1.32. The second kappa shape index (κ2) is 5.52. The van der Waals surface area contributed by atoms with Crippen molar-refractivity contribution in [2.45, 2.75) is 18.9 Å². The molecule has 4 rings (SSSR count). The van der Waals surface area contributed by atoms with Crippen molar-refractivity contribution < 1.29 is 4.79 Å². The second-order valence-electron chi connectivity index (χ2n) is 6.82. The van der Waals surface area contributed by atoms with Crippen LogP contribution in [0.2, 0.25) is 5.02 Å². The van der Waals surface area contributed by atoms with Gasteiger partial charge in [-0.2, -0.15) is 0 Å². The molecule has 1 aromatic carbocycles. The van der Waals surface area contributed by atoms with Gasteiger partial charge in [-0.15, -0.1) is 0 Å². The highest BCUT2D eigenvalue weighted by molar-refractivity contribution is 6.31. The van der Waals surface area contributed by atoms with Crippen molar-refractivity contribution in [2.75, 3.05) is 32.7 Å². The largest absolute Gasteiger partial charge is 0.333 e. The zero-order valence-corrected chi connectivity index (χ0v) is 13.4. The molecule has 3 aliphatic rings. The van der Waals surface area contributed by atoms with Crippen molar-refractivity contribution in [2.24, 2.45) is 11.3 Å². The van der Waals surface area contributed by atoms with E-state index < -0.39 is 0 Å². The lowest BCUT2D eigenvalue weighted by Gasteiger charge is -2.37. The van der Waals surface area contributed by atoms with Crippen LogP contribution in [0.3, 0.4) is 0 Å². The van der Waals surface area contributed by atoms with E-state index >= 15 is 0 Å². The summed E-state index contributed by atoms with van der Waals surface area (Å²) < 4.78 is 0. The van der Waals surface area contributed by atoms with E-state index in [0.29, 0.717) is 5.91 Å². The monoisotopic (exact) mass is 319 g/mol. The Kier molecular flexibility index (Phi) is 3.63. The first-order valence-electron chi connectivity index (χ1n) is 8.18. The summed E-state index contributed by atoms with van der Waals surface area (Å²) in [4.78, 5) is 15.1. The Labute approximate surface area is 136 Å². The number of benzene rings is 1. The number of halogens is 1. The fourth-order valence-corrected chi connectivity index (χ4v) is 4.38. The summed E-state index contributed by atoms with van der Waals surface area (Å²) in [6.45, 7) is 4.48. The van der Waals surface area contributed by atoms with Gasteiger partial charge in [0.15, 0.2) is 0 Å². The van der Waals surface area contributed by atoms with Crippen LogP contribution in [-0.4, -0.2) is 43.5 Å². The van der Waals surface area contributed by atoms with Crippen LogP contribution in [0.15, 0.2) is 24.3 Å². The van der Waals surface area contributed by atoms with Crippen molar-refractivity contribution >= 4 is 17.5 Å². The molecule has 3 unspecified atom stereocenters. The molecule has 2 N–H and O–H groups in total. The molecule has 118 valence electrons. The smallest absolute Gasteiger partial charge is 0.226 e. The predicted octanol–water partition coefficient (Wildman–Crippen LogP) is 1.81. The van der Waals surface area contributed by atoms with Gasteiger partial charge < -0.3 is 15.5 Å². The number of nitrogens with one attached hydrogen (secondary N) is 2. The molecule has 0 aromatic heterocycles. The Morgan fingerprint density at radius 3 is 2.91 bits per heavy atom. The number of amides is 1. The van der Waals surface area contributed by atoms with Crippen LogP contribution in [-0.2, 0) is 4.79 Å². The Morgan fingerprint density at radius 1 is 1.27 bits per heavy atom.